The number of benzene rings is 3. The van der Waals surface area contributed by atoms with Gasteiger partial charge in [0, 0.05) is 42.0 Å². The van der Waals surface area contributed by atoms with Crippen LogP contribution >= 0.6 is 0 Å². The van der Waals surface area contributed by atoms with Crippen molar-refractivity contribution in [2.45, 2.75) is 13.3 Å². The lowest BCUT2D eigenvalue weighted by Crippen LogP contribution is -2.17. The predicted octanol–water partition coefficient (Wildman–Crippen LogP) is 6.84. The van der Waals surface area contributed by atoms with Crippen LogP contribution in [0, 0.1) is 6.92 Å². The average molecular weight is 475 g/mol. The molecule has 35 heavy (non-hydrogen) atoms. The number of rotatable bonds is 5. The second-order valence-electron chi connectivity index (χ2n) is 7.93. The summed E-state index contributed by atoms with van der Waals surface area (Å²) in [6.07, 6.45) is -1.31. The van der Waals surface area contributed by atoms with Gasteiger partial charge in [0.25, 0.3) is 0 Å². The van der Waals surface area contributed by atoms with Gasteiger partial charge >= 0.3 is 6.36 Å². The van der Waals surface area contributed by atoms with Crippen molar-refractivity contribution in [2.75, 3.05) is 17.7 Å². The number of pyridine rings is 1. The second kappa shape index (κ2) is 8.75. The van der Waals surface area contributed by atoms with E-state index in [1.165, 1.54) is 18.2 Å². The number of ether oxygens (including phenoxy) is 1. The van der Waals surface area contributed by atoms with Crippen LogP contribution in [0.4, 0.5) is 30.6 Å². The molecule has 0 atom stereocenters. The number of fused-ring (bicyclic) bond motifs is 2. The molecule has 5 aromatic rings. The molecule has 176 valence electrons. The summed E-state index contributed by atoms with van der Waals surface area (Å²) in [6.45, 7) is 2.03. The fraction of sp³-hybridized carbons (Fsp3) is 0.115. The van der Waals surface area contributed by atoms with Gasteiger partial charge < -0.3 is 15.4 Å². The van der Waals surface area contributed by atoms with Crippen molar-refractivity contribution in [3.8, 4) is 16.9 Å². The number of anilines is 3. The van der Waals surface area contributed by atoms with Crippen molar-refractivity contribution in [3.05, 3.63) is 78.6 Å². The maximum Gasteiger partial charge on any atom is 0.573 e. The highest BCUT2D eigenvalue weighted by Gasteiger charge is 2.31. The molecule has 0 aliphatic carbocycles. The third-order valence-corrected chi connectivity index (χ3v) is 5.58. The van der Waals surface area contributed by atoms with Crippen LogP contribution < -0.4 is 15.4 Å². The van der Waals surface area contributed by atoms with Gasteiger partial charge in [-0.25, -0.2) is 15.0 Å². The molecule has 2 heterocycles. The van der Waals surface area contributed by atoms with Crippen LogP contribution in [0.1, 0.15) is 5.56 Å². The van der Waals surface area contributed by atoms with Gasteiger partial charge in [-0.2, -0.15) is 0 Å². The number of hydrogen-bond donors (Lipinski definition) is 2. The Kier molecular flexibility index (Phi) is 5.60. The Morgan fingerprint density at radius 3 is 2.57 bits per heavy atom. The van der Waals surface area contributed by atoms with Gasteiger partial charge in [0.2, 0.25) is 5.95 Å². The number of halogens is 3. The van der Waals surface area contributed by atoms with Crippen LogP contribution in [0.2, 0.25) is 0 Å². The van der Waals surface area contributed by atoms with E-state index in [2.05, 4.69) is 30.3 Å². The number of nitrogens with zero attached hydrogens (tertiary/aromatic N) is 3. The molecule has 0 amide bonds. The van der Waals surface area contributed by atoms with Crippen molar-refractivity contribution in [2.24, 2.45) is 0 Å². The van der Waals surface area contributed by atoms with Crippen LogP contribution in [0.25, 0.3) is 32.8 Å². The zero-order chi connectivity index (χ0) is 24.6. The van der Waals surface area contributed by atoms with E-state index in [9.17, 15) is 13.2 Å². The lowest BCUT2D eigenvalue weighted by Gasteiger charge is -2.15. The molecule has 0 bridgehead atoms. The molecular formula is C26H20F3N5O. The molecule has 0 spiro atoms. The van der Waals surface area contributed by atoms with E-state index in [1.54, 1.807) is 25.5 Å². The number of nitrogens with one attached hydrogen (secondary N) is 2. The zero-order valence-corrected chi connectivity index (χ0v) is 18.8. The molecule has 9 heteroatoms. The summed E-state index contributed by atoms with van der Waals surface area (Å²) < 4.78 is 41.9. The fourth-order valence-electron chi connectivity index (χ4n) is 4.06. The standard InChI is InChI=1S/C26H20F3N5O/c1-15-6-8-21-20(23(15)16-7-9-22-17(12-16)14-32-25(30-2)34-22)10-11-31-24(21)33-18-4-3-5-19(13-18)35-26(27,28)29/h3-14H,1-2H3,(H,31,33)(H,30,32,34). The molecule has 0 radical (unpaired) electrons. The molecule has 0 saturated carbocycles. The van der Waals surface area contributed by atoms with Gasteiger partial charge in [0.15, 0.2) is 0 Å². The number of aryl methyl sites for hydroxylation is 1. The van der Waals surface area contributed by atoms with E-state index >= 15 is 0 Å². The predicted molar refractivity (Wildman–Crippen MR) is 131 cm³/mol. The van der Waals surface area contributed by atoms with E-state index in [0.29, 0.717) is 17.5 Å². The third-order valence-electron chi connectivity index (χ3n) is 5.58. The first-order valence-corrected chi connectivity index (χ1v) is 10.8. The second-order valence-corrected chi connectivity index (χ2v) is 7.93. The molecular weight excluding hydrogens is 455 g/mol. The minimum Gasteiger partial charge on any atom is -0.406 e. The monoisotopic (exact) mass is 475 g/mol. The quantitative estimate of drug-likeness (QED) is 0.290. The minimum atomic E-state index is -4.76. The normalized spacial score (nSPS) is 11.6. The smallest absolute Gasteiger partial charge is 0.406 e. The highest BCUT2D eigenvalue weighted by atomic mass is 19.4. The lowest BCUT2D eigenvalue weighted by molar-refractivity contribution is -0.274. The van der Waals surface area contributed by atoms with Crippen molar-refractivity contribution in [1.82, 2.24) is 15.0 Å². The van der Waals surface area contributed by atoms with E-state index in [-0.39, 0.29) is 5.75 Å². The number of alkyl halides is 3. The SMILES string of the molecule is CNc1ncc2cc(-c3c(C)ccc4c(Nc5cccc(OC(F)(F)F)c5)nccc34)ccc2n1. The van der Waals surface area contributed by atoms with E-state index < -0.39 is 6.36 Å². The first-order valence-electron chi connectivity index (χ1n) is 10.8. The Bertz CT molecular complexity index is 1550. The van der Waals surface area contributed by atoms with Crippen molar-refractivity contribution >= 4 is 39.1 Å². The Morgan fingerprint density at radius 1 is 0.914 bits per heavy atom. The van der Waals surface area contributed by atoms with Crippen molar-refractivity contribution < 1.29 is 17.9 Å². The fourth-order valence-corrected chi connectivity index (χ4v) is 4.06. The number of aromatic nitrogens is 3. The Balaban J connectivity index is 1.57. The van der Waals surface area contributed by atoms with Crippen LogP contribution in [0.5, 0.6) is 5.75 Å². The molecule has 6 nitrogen and oxygen atoms in total. The van der Waals surface area contributed by atoms with Crippen molar-refractivity contribution in [3.63, 3.8) is 0 Å². The summed E-state index contributed by atoms with van der Waals surface area (Å²) in [5.41, 5.74) is 4.36. The first-order chi connectivity index (χ1) is 16.8. The van der Waals surface area contributed by atoms with Crippen molar-refractivity contribution in [1.29, 1.82) is 0 Å². The van der Waals surface area contributed by atoms with E-state index in [1.807, 2.05) is 43.3 Å². The van der Waals surface area contributed by atoms with Crippen LogP contribution in [-0.2, 0) is 0 Å². The van der Waals surface area contributed by atoms with Gasteiger partial charge in [0.05, 0.1) is 5.52 Å². The van der Waals surface area contributed by atoms with Crippen LogP contribution in [0.3, 0.4) is 0 Å². The van der Waals surface area contributed by atoms with Gasteiger partial charge in [-0.1, -0.05) is 24.3 Å². The zero-order valence-electron chi connectivity index (χ0n) is 18.8. The molecule has 3 aromatic carbocycles. The Morgan fingerprint density at radius 2 is 1.77 bits per heavy atom. The maximum atomic E-state index is 12.6. The Hall–Kier alpha value is -4.40. The van der Waals surface area contributed by atoms with E-state index in [0.717, 1.165) is 38.4 Å². The van der Waals surface area contributed by atoms with Gasteiger partial charge in [-0.15, -0.1) is 13.2 Å². The Labute approximate surface area is 198 Å². The number of hydrogen-bond acceptors (Lipinski definition) is 6. The van der Waals surface area contributed by atoms with Crippen LogP contribution in [0.15, 0.2) is 73.1 Å². The highest BCUT2D eigenvalue weighted by molar-refractivity contribution is 6.04. The summed E-state index contributed by atoms with van der Waals surface area (Å²) in [7, 11) is 1.77. The van der Waals surface area contributed by atoms with Crippen LogP contribution in [-0.4, -0.2) is 28.4 Å². The summed E-state index contributed by atoms with van der Waals surface area (Å²) in [5.74, 6) is 0.771. The molecule has 2 aromatic heterocycles. The average Bonchev–Trinajstić information content (AvgIpc) is 2.82. The molecule has 5 rings (SSSR count). The molecule has 0 unspecified atom stereocenters. The topological polar surface area (TPSA) is 72.0 Å². The summed E-state index contributed by atoms with van der Waals surface area (Å²) >= 11 is 0. The summed E-state index contributed by atoms with van der Waals surface area (Å²) in [5, 5.41) is 8.76. The third kappa shape index (κ3) is 4.65. The molecule has 0 saturated heterocycles. The maximum absolute atomic E-state index is 12.6. The molecule has 2 N–H and O–H groups in total. The molecule has 0 fully saturated rings. The minimum absolute atomic E-state index is 0.306. The largest absolute Gasteiger partial charge is 0.573 e. The lowest BCUT2D eigenvalue weighted by atomic mass is 9.94. The summed E-state index contributed by atoms with van der Waals surface area (Å²) in [6, 6.07) is 17.6. The molecule has 0 aliphatic rings. The first kappa shape index (κ1) is 22.4. The van der Waals surface area contributed by atoms with Gasteiger partial charge in [-0.3, -0.25) is 0 Å². The van der Waals surface area contributed by atoms with E-state index in [4.69, 9.17) is 0 Å². The molecule has 0 aliphatic heterocycles. The van der Waals surface area contributed by atoms with Gasteiger partial charge in [0.1, 0.15) is 11.6 Å². The van der Waals surface area contributed by atoms with Gasteiger partial charge in [-0.05, 0) is 59.3 Å². The summed E-state index contributed by atoms with van der Waals surface area (Å²) in [4.78, 5) is 13.2. The highest BCUT2D eigenvalue weighted by Crippen LogP contribution is 2.36.